The van der Waals surface area contributed by atoms with Crippen molar-refractivity contribution >= 4 is 0 Å². The fourth-order valence-electron chi connectivity index (χ4n) is 1.40. The standard InChI is InChI=1S/C11H19NO/c1-3-6-12-11(4-2)8-10-5-7-13-9-10/h5,7,9,11-12H,3-4,6,8H2,1-2H3. The first-order valence-electron chi connectivity index (χ1n) is 5.11. The van der Waals surface area contributed by atoms with Crippen molar-refractivity contribution in [2.24, 2.45) is 0 Å². The highest BCUT2D eigenvalue weighted by Gasteiger charge is 2.06. The number of nitrogens with one attached hydrogen (secondary N) is 1. The molecule has 2 nitrogen and oxygen atoms in total. The summed E-state index contributed by atoms with van der Waals surface area (Å²) in [6, 6.07) is 2.63. The van der Waals surface area contributed by atoms with Crippen molar-refractivity contribution in [1.82, 2.24) is 5.32 Å². The van der Waals surface area contributed by atoms with Crippen molar-refractivity contribution in [3.63, 3.8) is 0 Å². The Balaban J connectivity index is 2.31. The van der Waals surface area contributed by atoms with Crippen LogP contribution in [0.4, 0.5) is 0 Å². The molecule has 0 aliphatic heterocycles. The normalized spacial score (nSPS) is 13.1. The first-order chi connectivity index (χ1) is 6.36. The SMILES string of the molecule is CCCNC(CC)Cc1ccoc1. The Morgan fingerprint density at radius 1 is 1.46 bits per heavy atom. The lowest BCUT2D eigenvalue weighted by Crippen LogP contribution is -2.30. The molecule has 1 aromatic heterocycles. The van der Waals surface area contributed by atoms with Crippen LogP contribution in [0.3, 0.4) is 0 Å². The maximum absolute atomic E-state index is 5.04. The van der Waals surface area contributed by atoms with Crippen LogP contribution < -0.4 is 5.32 Å². The van der Waals surface area contributed by atoms with Crippen molar-refractivity contribution in [2.75, 3.05) is 6.54 Å². The fourth-order valence-corrected chi connectivity index (χ4v) is 1.40. The molecule has 0 amide bonds. The summed E-state index contributed by atoms with van der Waals surface area (Å²) in [5, 5.41) is 3.52. The second-order valence-corrected chi connectivity index (χ2v) is 3.40. The van der Waals surface area contributed by atoms with Gasteiger partial charge in [-0.2, -0.15) is 0 Å². The third-order valence-corrected chi connectivity index (χ3v) is 2.24. The second kappa shape index (κ2) is 5.81. The first kappa shape index (κ1) is 10.3. The summed E-state index contributed by atoms with van der Waals surface area (Å²) in [5.74, 6) is 0. The van der Waals surface area contributed by atoms with Crippen molar-refractivity contribution < 1.29 is 4.42 Å². The molecule has 2 heteroatoms. The lowest BCUT2D eigenvalue weighted by molar-refractivity contribution is 0.490. The Labute approximate surface area is 80.3 Å². The van der Waals surface area contributed by atoms with Crippen LogP contribution in [-0.4, -0.2) is 12.6 Å². The van der Waals surface area contributed by atoms with Crippen molar-refractivity contribution in [1.29, 1.82) is 0 Å². The highest BCUT2D eigenvalue weighted by atomic mass is 16.3. The van der Waals surface area contributed by atoms with E-state index in [2.05, 4.69) is 19.2 Å². The van der Waals surface area contributed by atoms with Gasteiger partial charge in [-0.15, -0.1) is 0 Å². The summed E-state index contributed by atoms with van der Waals surface area (Å²) >= 11 is 0. The zero-order chi connectivity index (χ0) is 9.52. The van der Waals surface area contributed by atoms with Gasteiger partial charge in [-0.1, -0.05) is 13.8 Å². The number of furan rings is 1. The molecular weight excluding hydrogens is 162 g/mol. The topological polar surface area (TPSA) is 25.2 Å². The number of hydrogen-bond acceptors (Lipinski definition) is 2. The lowest BCUT2D eigenvalue weighted by Gasteiger charge is -2.14. The van der Waals surface area contributed by atoms with Crippen LogP contribution in [0.1, 0.15) is 32.3 Å². The molecule has 1 unspecified atom stereocenters. The summed E-state index contributed by atoms with van der Waals surface area (Å²) in [5.41, 5.74) is 1.29. The van der Waals surface area contributed by atoms with Gasteiger partial charge in [-0.05, 0) is 37.4 Å². The summed E-state index contributed by atoms with van der Waals surface area (Å²) in [7, 11) is 0. The highest BCUT2D eigenvalue weighted by molar-refractivity contribution is 5.07. The zero-order valence-electron chi connectivity index (χ0n) is 8.55. The molecule has 0 aromatic carbocycles. The molecule has 0 spiro atoms. The third kappa shape index (κ3) is 3.64. The lowest BCUT2D eigenvalue weighted by atomic mass is 10.1. The van der Waals surface area contributed by atoms with Crippen LogP contribution >= 0.6 is 0 Å². The molecular formula is C11H19NO. The zero-order valence-corrected chi connectivity index (χ0v) is 8.55. The maximum Gasteiger partial charge on any atom is 0.0935 e. The van der Waals surface area contributed by atoms with Crippen LogP contribution in [0.5, 0.6) is 0 Å². The molecule has 1 N–H and O–H groups in total. The second-order valence-electron chi connectivity index (χ2n) is 3.40. The molecule has 0 aliphatic rings. The van der Waals surface area contributed by atoms with Gasteiger partial charge in [0.05, 0.1) is 12.5 Å². The number of hydrogen-bond donors (Lipinski definition) is 1. The van der Waals surface area contributed by atoms with Gasteiger partial charge in [0.15, 0.2) is 0 Å². The van der Waals surface area contributed by atoms with E-state index in [1.807, 2.05) is 12.3 Å². The molecule has 1 aromatic rings. The van der Waals surface area contributed by atoms with Gasteiger partial charge in [-0.3, -0.25) is 0 Å². The van der Waals surface area contributed by atoms with E-state index < -0.39 is 0 Å². The van der Waals surface area contributed by atoms with E-state index in [-0.39, 0.29) is 0 Å². The highest BCUT2D eigenvalue weighted by Crippen LogP contribution is 2.06. The monoisotopic (exact) mass is 181 g/mol. The molecule has 0 fully saturated rings. The Morgan fingerprint density at radius 2 is 2.31 bits per heavy atom. The first-order valence-corrected chi connectivity index (χ1v) is 5.11. The van der Waals surface area contributed by atoms with Crippen molar-refractivity contribution in [2.45, 2.75) is 39.2 Å². The maximum atomic E-state index is 5.04. The van der Waals surface area contributed by atoms with Gasteiger partial charge in [0.25, 0.3) is 0 Å². The average Bonchev–Trinajstić information content (AvgIpc) is 2.64. The van der Waals surface area contributed by atoms with Gasteiger partial charge in [-0.25, -0.2) is 0 Å². The largest absolute Gasteiger partial charge is 0.472 e. The molecule has 13 heavy (non-hydrogen) atoms. The molecule has 1 rings (SSSR count). The predicted octanol–water partition coefficient (Wildman–Crippen LogP) is 2.60. The van der Waals surface area contributed by atoms with E-state index in [1.165, 1.54) is 18.4 Å². The summed E-state index contributed by atoms with van der Waals surface area (Å²) in [4.78, 5) is 0. The van der Waals surface area contributed by atoms with E-state index in [9.17, 15) is 0 Å². The molecule has 0 saturated carbocycles. The molecule has 0 saturated heterocycles. The molecule has 1 atom stereocenters. The van der Waals surface area contributed by atoms with Crippen molar-refractivity contribution in [3.05, 3.63) is 24.2 Å². The van der Waals surface area contributed by atoms with Gasteiger partial charge in [0.1, 0.15) is 0 Å². The minimum Gasteiger partial charge on any atom is -0.472 e. The van der Waals surface area contributed by atoms with Gasteiger partial charge in [0, 0.05) is 6.04 Å². The average molecular weight is 181 g/mol. The molecule has 0 bridgehead atoms. The quantitative estimate of drug-likeness (QED) is 0.729. The summed E-state index contributed by atoms with van der Waals surface area (Å²) in [6.07, 6.45) is 7.01. The third-order valence-electron chi connectivity index (χ3n) is 2.24. The smallest absolute Gasteiger partial charge is 0.0935 e. The van der Waals surface area contributed by atoms with E-state index >= 15 is 0 Å². The molecule has 0 radical (unpaired) electrons. The Morgan fingerprint density at radius 3 is 2.85 bits per heavy atom. The summed E-state index contributed by atoms with van der Waals surface area (Å²) in [6.45, 7) is 5.52. The number of rotatable bonds is 6. The van der Waals surface area contributed by atoms with Crippen LogP contribution in [0.15, 0.2) is 23.0 Å². The molecule has 74 valence electrons. The Kier molecular flexibility index (Phi) is 4.61. The predicted molar refractivity (Wildman–Crippen MR) is 54.8 cm³/mol. The van der Waals surface area contributed by atoms with E-state index in [0.29, 0.717) is 6.04 Å². The van der Waals surface area contributed by atoms with Crippen LogP contribution in [0, 0.1) is 0 Å². The Hall–Kier alpha value is -0.760. The minimum atomic E-state index is 0.595. The van der Waals surface area contributed by atoms with Crippen molar-refractivity contribution in [3.8, 4) is 0 Å². The summed E-state index contributed by atoms with van der Waals surface area (Å²) < 4.78 is 5.04. The van der Waals surface area contributed by atoms with Gasteiger partial charge >= 0.3 is 0 Å². The van der Waals surface area contributed by atoms with Crippen LogP contribution in [-0.2, 0) is 6.42 Å². The minimum absolute atomic E-state index is 0.595. The molecule has 1 heterocycles. The van der Waals surface area contributed by atoms with E-state index in [1.54, 1.807) is 6.26 Å². The Bertz CT molecular complexity index is 206. The van der Waals surface area contributed by atoms with E-state index in [4.69, 9.17) is 4.42 Å². The van der Waals surface area contributed by atoms with E-state index in [0.717, 1.165) is 13.0 Å². The van der Waals surface area contributed by atoms with Gasteiger partial charge < -0.3 is 9.73 Å². The van der Waals surface area contributed by atoms with Crippen LogP contribution in [0.25, 0.3) is 0 Å². The molecule has 0 aliphatic carbocycles. The van der Waals surface area contributed by atoms with Gasteiger partial charge in [0.2, 0.25) is 0 Å². The fraction of sp³-hybridized carbons (Fsp3) is 0.636. The van der Waals surface area contributed by atoms with Crippen LogP contribution in [0.2, 0.25) is 0 Å².